The van der Waals surface area contributed by atoms with Crippen LogP contribution >= 0.6 is 0 Å². The standard InChI is InChI=1S/C22H22N2O5/c1-13-6-3-4-8-15(13)20(26)29-19-17-14(7-5-9-22(2)10-11-22)12-16(25)28-18(17)23-21(27)24-19/h3-4,6,8,12H,5,7,9-11H2,1-2H3,(H,23,24,27). The van der Waals surface area contributed by atoms with Crippen LogP contribution < -0.4 is 16.1 Å². The van der Waals surface area contributed by atoms with Gasteiger partial charge in [0.15, 0.2) is 0 Å². The summed E-state index contributed by atoms with van der Waals surface area (Å²) in [5.74, 6) is -0.765. The van der Waals surface area contributed by atoms with E-state index in [0.717, 1.165) is 18.4 Å². The number of nitrogens with one attached hydrogen (secondary N) is 1. The van der Waals surface area contributed by atoms with Gasteiger partial charge in [0, 0.05) is 6.07 Å². The van der Waals surface area contributed by atoms with Gasteiger partial charge in [-0.1, -0.05) is 25.1 Å². The van der Waals surface area contributed by atoms with E-state index in [9.17, 15) is 14.4 Å². The van der Waals surface area contributed by atoms with Crippen LogP contribution in [0.2, 0.25) is 0 Å². The molecule has 0 bridgehead atoms. The fourth-order valence-corrected chi connectivity index (χ4v) is 3.52. The number of carbonyl (C=O) groups is 1. The maximum atomic E-state index is 12.7. The summed E-state index contributed by atoms with van der Waals surface area (Å²) in [6, 6.07) is 8.37. The Kier molecular flexibility index (Phi) is 4.82. The van der Waals surface area contributed by atoms with Crippen molar-refractivity contribution in [3.8, 4) is 5.88 Å². The molecule has 1 aliphatic carbocycles. The van der Waals surface area contributed by atoms with Gasteiger partial charge in [0.25, 0.3) is 0 Å². The van der Waals surface area contributed by atoms with Crippen LogP contribution in [-0.4, -0.2) is 15.9 Å². The smallest absolute Gasteiger partial charge is 0.351 e. The number of H-pyrrole nitrogens is 1. The van der Waals surface area contributed by atoms with E-state index in [1.807, 2.05) is 6.07 Å². The Morgan fingerprint density at radius 2 is 2.03 bits per heavy atom. The SMILES string of the molecule is Cc1ccccc1C(=O)Oc1nc(=O)[nH]c2oc(=O)cc(CCCC3(C)CC3)c12. The lowest BCUT2D eigenvalue weighted by Gasteiger charge is -2.11. The van der Waals surface area contributed by atoms with Crippen LogP contribution in [0.15, 0.2) is 44.3 Å². The maximum absolute atomic E-state index is 12.7. The molecule has 0 atom stereocenters. The van der Waals surface area contributed by atoms with Crippen molar-refractivity contribution in [1.82, 2.24) is 9.97 Å². The monoisotopic (exact) mass is 394 g/mol. The molecule has 0 unspecified atom stereocenters. The highest BCUT2D eigenvalue weighted by atomic mass is 16.5. The number of benzene rings is 1. The summed E-state index contributed by atoms with van der Waals surface area (Å²) < 4.78 is 10.6. The molecule has 2 aromatic heterocycles. The molecule has 29 heavy (non-hydrogen) atoms. The van der Waals surface area contributed by atoms with Crippen molar-refractivity contribution >= 4 is 17.1 Å². The molecule has 0 amide bonds. The molecule has 150 valence electrons. The number of hydrogen-bond donors (Lipinski definition) is 1. The summed E-state index contributed by atoms with van der Waals surface area (Å²) in [4.78, 5) is 42.8. The van der Waals surface area contributed by atoms with Gasteiger partial charge < -0.3 is 9.15 Å². The number of aromatic amines is 1. The van der Waals surface area contributed by atoms with E-state index in [-0.39, 0.29) is 11.6 Å². The molecule has 1 aromatic carbocycles. The second kappa shape index (κ2) is 7.31. The number of aryl methyl sites for hydroxylation is 2. The average molecular weight is 394 g/mol. The zero-order valence-electron chi connectivity index (χ0n) is 16.4. The largest absolute Gasteiger partial charge is 0.405 e. The quantitative estimate of drug-likeness (QED) is 0.642. The van der Waals surface area contributed by atoms with Crippen molar-refractivity contribution in [2.24, 2.45) is 5.41 Å². The minimum atomic E-state index is -0.754. The molecule has 1 aliphatic rings. The van der Waals surface area contributed by atoms with Crippen molar-refractivity contribution < 1.29 is 13.9 Å². The molecule has 3 aromatic rings. The van der Waals surface area contributed by atoms with Gasteiger partial charge in [-0.2, -0.15) is 4.98 Å². The van der Waals surface area contributed by atoms with Gasteiger partial charge in [0.2, 0.25) is 11.6 Å². The first kappa shape index (κ1) is 19.1. The van der Waals surface area contributed by atoms with E-state index >= 15 is 0 Å². The minimum Gasteiger partial charge on any atom is -0.405 e. The van der Waals surface area contributed by atoms with Crippen molar-refractivity contribution in [1.29, 1.82) is 0 Å². The number of carbonyl (C=O) groups excluding carboxylic acids is 1. The van der Waals surface area contributed by atoms with E-state index in [1.165, 1.54) is 18.9 Å². The molecule has 1 saturated carbocycles. The summed E-state index contributed by atoms with van der Waals surface area (Å²) in [5, 5.41) is 0.354. The van der Waals surface area contributed by atoms with Crippen LogP contribution in [0.1, 0.15) is 54.1 Å². The number of ether oxygens (including phenoxy) is 1. The van der Waals surface area contributed by atoms with Crippen molar-refractivity contribution in [2.45, 2.75) is 46.0 Å². The second-order valence-electron chi connectivity index (χ2n) is 8.01. The Bertz CT molecular complexity index is 1200. The van der Waals surface area contributed by atoms with Crippen LogP contribution in [0.5, 0.6) is 5.88 Å². The van der Waals surface area contributed by atoms with Crippen molar-refractivity contribution in [3.63, 3.8) is 0 Å². The van der Waals surface area contributed by atoms with Crippen LogP contribution in [0.25, 0.3) is 11.1 Å². The molecule has 7 heteroatoms. The summed E-state index contributed by atoms with van der Waals surface area (Å²) >= 11 is 0. The van der Waals surface area contributed by atoms with Crippen LogP contribution in [0.4, 0.5) is 0 Å². The maximum Gasteiger partial charge on any atom is 0.351 e. The third-order valence-electron chi connectivity index (χ3n) is 5.56. The van der Waals surface area contributed by atoms with Gasteiger partial charge >= 0.3 is 17.3 Å². The molecule has 2 heterocycles. The number of rotatable bonds is 6. The third kappa shape index (κ3) is 4.13. The van der Waals surface area contributed by atoms with E-state index < -0.39 is 17.3 Å². The van der Waals surface area contributed by atoms with E-state index in [1.54, 1.807) is 25.1 Å². The van der Waals surface area contributed by atoms with Gasteiger partial charge in [-0.25, -0.2) is 14.4 Å². The second-order valence-corrected chi connectivity index (χ2v) is 8.01. The number of aromatic nitrogens is 2. The Morgan fingerprint density at radius 1 is 1.28 bits per heavy atom. The van der Waals surface area contributed by atoms with Crippen LogP contribution in [0.3, 0.4) is 0 Å². The van der Waals surface area contributed by atoms with Gasteiger partial charge in [-0.05, 0) is 61.6 Å². The van der Waals surface area contributed by atoms with Crippen LogP contribution in [0, 0.1) is 12.3 Å². The lowest BCUT2D eigenvalue weighted by Crippen LogP contribution is -2.18. The minimum absolute atomic E-state index is 0.0299. The molecule has 1 fully saturated rings. The number of hydrogen-bond acceptors (Lipinski definition) is 6. The molecule has 0 saturated heterocycles. The Balaban J connectivity index is 1.72. The number of nitrogens with zero attached hydrogens (tertiary/aromatic N) is 1. The summed E-state index contributed by atoms with van der Waals surface area (Å²) in [6.45, 7) is 4.04. The highest BCUT2D eigenvalue weighted by Crippen LogP contribution is 2.49. The van der Waals surface area contributed by atoms with E-state index in [0.29, 0.717) is 28.3 Å². The first-order valence-electron chi connectivity index (χ1n) is 9.69. The van der Waals surface area contributed by atoms with Crippen molar-refractivity contribution in [3.05, 3.63) is 67.9 Å². The zero-order valence-corrected chi connectivity index (χ0v) is 16.4. The van der Waals surface area contributed by atoms with E-state index in [4.69, 9.17) is 9.15 Å². The fourth-order valence-electron chi connectivity index (χ4n) is 3.52. The van der Waals surface area contributed by atoms with Gasteiger partial charge in [-0.15, -0.1) is 0 Å². The molecule has 0 radical (unpaired) electrons. The fraction of sp³-hybridized carbons (Fsp3) is 0.364. The number of esters is 1. The lowest BCUT2D eigenvalue weighted by molar-refractivity contribution is 0.0728. The molecule has 0 spiro atoms. The molecule has 0 aliphatic heterocycles. The van der Waals surface area contributed by atoms with Crippen LogP contribution in [-0.2, 0) is 6.42 Å². The first-order chi connectivity index (χ1) is 13.8. The highest BCUT2D eigenvalue weighted by Gasteiger charge is 2.36. The van der Waals surface area contributed by atoms with Gasteiger partial charge in [0.05, 0.1) is 5.56 Å². The zero-order chi connectivity index (χ0) is 20.6. The Labute approximate surface area is 166 Å². The predicted octanol–water partition coefficient (Wildman–Crippen LogP) is 3.53. The molecular formula is C22H22N2O5. The van der Waals surface area contributed by atoms with Gasteiger partial charge in [-0.3, -0.25) is 4.98 Å². The molecule has 1 N–H and O–H groups in total. The summed E-state index contributed by atoms with van der Waals surface area (Å²) in [5.41, 5.74) is 0.815. The normalized spacial score (nSPS) is 14.7. The lowest BCUT2D eigenvalue weighted by atomic mass is 9.98. The summed E-state index contributed by atoms with van der Waals surface area (Å²) in [6.07, 6.45) is 4.96. The van der Waals surface area contributed by atoms with Crippen molar-refractivity contribution in [2.75, 3.05) is 0 Å². The van der Waals surface area contributed by atoms with E-state index in [2.05, 4.69) is 16.9 Å². The molecular weight excluding hydrogens is 372 g/mol. The number of fused-ring (bicyclic) bond motifs is 1. The molecule has 7 nitrogen and oxygen atoms in total. The first-order valence-corrected chi connectivity index (χ1v) is 9.69. The Morgan fingerprint density at radius 3 is 2.76 bits per heavy atom. The third-order valence-corrected chi connectivity index (χ3v) is 5.56. The van der Waals surface area contributed by atoms with Gasteiger partial charge in [0.1, 0.15) is 5.39 Å². The highest BCUT2D eigenvalue weighted by molar-refractivity contribution is 5.94. The molecule has 4 rings (SSSR count). The summed E-state index contributed by atoms with van der Waals surface area (Å²) in [7, 11) is 0. The average Bonchev–Trinajstić information content (AvgIpc) is 3.38. The topological polar surface area (TPSA) is 102 Å². The Hall–Kier alpha value is -3.22. The predicted molar refractivity (Wildman–Crippen MR) is 107 cm³/mol.